The Bertz CT molecular complexity index is 232. The second-order valence-corrected chi connectivity index (χ2v) is 6.23. The highest BCUT2D eigenvalue weighted by Crippen LogP contribution is 2.48. The zero-order chi connectivity index (χ0) is 11.5. The quantitative estimate of drug-likeness (QED) is 0.698. The minimum atomic E-state index is 0.655. The first kappa shape index (κ1) is 12.2. The van der Waals surface area contributed by atoms with Gasteiger partial charge in [0, 0.05) is 13.1 Å². The van der Waals surface area contributed by atoms with Gasteiger partial charge in [0.05, 0.1) is 0 Å². The van der Waals surface area contributed by atoms with E-state index < -0.39 is 0 Å². The molecular formula is C13H24N2S. The maximum absolute atomic E-state index is 5.28. The second kappa shape index (κ2) is 5.35. The van der Waals surface area contributed by atoms with Crippen molar-refractivity contribution in [1.82, 2.24) is 10.6 Å². The van der Waals surface area contributed by atoms with Gasteiger partial charge in [0.1, 0.15) is 0 Å². The van der Waals surface area contributed by atoms with Gasteiger partial charge in [-0.1, -0.05) is 13.8 Å². The molecule has 0 aliphatic heterocycles. The minimum absolute atomic E-state index is 0.655. The van der Waals surface area contributed by atoms with Crippen LogP contribution in [0.3, 0.4) is 0 Å². The van der Waals surface area contributed by atoms with Gasteiger partial charge in [0.2, 0.25) is 0 Å². The van der Waals surface area contributed by atoms with Crippen LogP contribution in [0.1, 0.15) is 39.5 Å². The van der Waals surface area contributed by atoms with Crippen LogP contribution in [-0.4, -0.2) is 18.2 Å². The molecule has 2 aliphatic rings. The molecule has 2 N–H and O–H groups in total. The molecule has 0 radical (unpaired) electrons. The smallest absolute Gasteiger partial charge is 0.166 e. The van der Waals surface area contributed by atoms with E-state index in [1.165, 1.54) is 25.7 Å². The Labute approximate surface area is 105 Å². The van der Waals surface area contributed by atoms with Gasteiger partial charge >= 0.3 is 0 Å². The molecule has 16 heavy (non-hydrogen) atoms. The number of rotatable bonds is 6. The van der Waals surface area contributed by atoms with E-state index in [-0.39, 0.29) is 0 Å². The summed E-state index contributed by atoms with van der Waals surface area (Å²) in [6, 6.07) is 0. The molecule has 0 aromatic carbocycles. The summed E-state index contributed by atoms with van der Waals surface area (Å²) in [5, 5.41) is 7.52. The van der Waals surface area contributed by atoms with E-state index in [4.69, 9.17) is 12.2 Å². The van der Waals surface area contributed by atoms with Crippen LogP contribution in [0.4, 0.5) is 0 Å². The Morgan fingerprint density at radius 1 is 1.06 bits per heavy atom. The predicted molar refractivity (Wildman–Crippen MR) is 72.4 cm³/mol. The largest absolute Gasteiger partial charge is 0.362 e. The lowest BCUT2D eigenvalue weighted by Crippen LogP contribution is -2.40. The van der Waals surface area contributed by atoms with Crippen LogP contribution < -0.4 is 10.6 Å². The van der Waals surface area contributed by atoms with Crippen molar-refractivity contribution in [3.63, 3.8) is 0 Å². The highest BCUT2D eigenvalue weighted by molar-refractivity contribution is 7.80. The van der Waals surface area contributed by atoms with Crippen molar-refractivity contribution >= 4 is 17.3 Å². The molecule has 92 valence electrons. The minimum Gasteiger partial charge on any atom is -0.362 e. The highest BCUT2D eigenvalue weighted by Gasteiger charge is 2.41. The van der Waals surface area contributed by atoms with Crippen LogP contribution in [0.15, 0.2) is 0 Å². The molecule has 0 bridgehead atoms. The highest BCUT2D eigenvalue weighted by atomic mass is 32.1. The molecule has 0 aromatic heterocycles. The zero-order valence-electron chi connectivity index (χ0n) is 10.5. The first-order chi connectivity index (χ1) is 7.66. The van der Waals surface area contributed by atoms with Crippen molar-refractivity contribution in [3.8, 4) is 0 Å². The van der Waals surface area contributed by atoms with Gasteiger partial charge in [-0.15, -0.1) is 0 Å². The Morgan fingerprint density at radius 2 is 1.56 bits per heavy atom. The van der Waals surface area contributed by atoms with Crippen LogP contribution in [0.5, 0.6) is 0 Å². The molecular weight excluding hydrogens is 216 g/mol. The molecule has 0 atom stereocenters. The standard InChI is InChI=1S/C13H24N2S/c1-9(2)7-14-13(16)15-8-12(10-3-4-10)11-5-6-11/h9-12H,3-8H2,1-2H3,(H2,14,15,16). The van der Waals surface area contributed by atoms with Crippen molar-refractivity contribution in [3.05, 3.63) is 0 Å². The SMILES string of the molecule is CC(C)CNC(=S)NCC(C1CC1)C1CC1. The molecule has 3 heteroatoms. The molecule has 2 nitrogen and oxygen atoms in total. The fourth-order valence-corrected chi connectivity index (χ4v) is 2.50. The lowest BCUT2D eigenvalue weighted by Gasteiger charge is -2.18. The number of thiocarbonyl (C=S) groups is 1. The van der Waals surface area contributed by atoms with E-state index in [2.05, 4.69) is 24.5 Å². The third-order valence-corrected chi connectivity index (χ3v) is 3.91. The van der Waals surface area contributed by atoms with Crippen molar-refractivity contribution in [1.29, 1.82) is 0 Å². The van der Waals surface area contributed by atoms with Crippen LogP contribution in [0.25, 0.3) is 0 Å². The summed E-state index contributed by atoms with van der Waals surface area (Å²) in [6.07, 6.45) is 5.81. The van der Waals surface area contributed by atoms with Gasteiger partial charge in [0.15, 0.2) is 5.11 Å². The van der Waals surface area contributed by atoms with Crippen LogP contribution in [0, 0.1) is 23.7 Å². The van der Waals surface area contributed by atoms with Gasteiger partial charge < -0.3 is 10.6 Å². The Morgan fingerprint density at radius 3 is 2.00 bits per heavy atom. The monoisotopic (exact) mass is 240 g/mol. The third-order valence-electron chi connectivity index (χ3n) is 3.62. The van der Waals surface area contributed by atoms with Crippen molar-refractivity contribution in [2.75, 3.05) is 13.1 Å². The summed E-state index contributed by atoms with van der Waals surface area (Å²) in [4.78, 5) is 0. The summed E-state index contributed by atoms with van der Waals surface area (Å²) in [7, 11) is 0. The molecule has 2 aliphatic carbocycles. The summed E-state index contributed by atoms with van der Waals surface area (Å²) >= 11 is 5.28. The van der Waals surface area contributed by atoms with Gasteiger partial charge in [-0.25, -0.2) is 0 Å². The molecule has 2 saturated carbocycles. The van der Waals surface area contributed by atoms with E-state index in [0.717, 1.165) is 36.0 Å². The second-order valence-electron chi connectivity index (χ2n) is 5.82. The maximum atomic E-state index is 5.28. The normalized spacial score (nSPS) is 20.2. The van der Waals surface area contributed by atoms with E-state index in [1.54, 1.807) is 0 Å². The fraction of sp³-hybridized carbons (Fsp3) is 0.923. The van der Waals surface area contributed by atoms with Crippen LogP contribution in [0.2, 0.25) is 0 Å². The maximum Gasteiger partial charge on any atom is 0.166 e. The summed E-state index contributed by atoms with van der Waals surface area (Å²) < 4.78 is 0. The van der Waals surface area contributed by atoms with Crippen LogP contribution >= 0.6 is 12.2 Å². The number of hydrogen-bond donors (Lipinski definition) is 2. The van der Waals surface area contributed by atoms with Gasteiger partial charge in [-0.3, -0.25) is 0 Å². The summed E-state index contributed by atoms with van der Waals surface area (Å²) in [5.41, 5.74) is 0. The topological polar surface area (TPSA) is 24.1 Å². The number of hydrogen-bond acceptors (Lipinski definition) is 1. The molecule has 0 amide bonds. The third kappa shape index (κ3) is 3.93. The zero-order valence-corrected chi connectivity index (χ0v) is 11.3. The molecule has 0 saturated heterocycles. The molecule has 0 unspecified atom stereocenters. The van der Waals surface area contributed by atoms with Crippen molar-refractivity contribution in [2.24, 2.45) is 23.7 Å². The average Bonchev–Trinajstić information content (AvgIpc) is 3.07. The first-order valence-corrected chi connectivity index (χ1v) is 7.09. The lowest BCUT2D eigenvalue weighted by molar-refractivity contribution is 0.401. The number of nitrogens with one attached hydrogen (secondary N) is 2. The van der Waals surface area contributed by atoms with E-state index in [1.807, 2.05) is 0 Å². The van der Waals surface area contributed by atoms with Crippen molar-refractivity contribution in [2.45, 2.75) is 39.5 Å². The predicted octanol–water partition coefficient (Wildman–Crippen LogP) is 2.54. The van der Waals surface area contributed by atoms with Gasteiger partial charge in [-0.2, -0.15) is 0 Å². The van der Waals surface area contributed by atoms with Gasteiger partial charge in [0.25, 0.3) is 0 Å². The fourth-order valence-electron chi connectivity index (χ4n) is 2.34. The molecule has 2 rings (SSSR count). The van der Waals surface area contributed by atoms with Crippen LogP contribution in [-0.2, 0) is 0 Å². The Balaban J connectivity index is 1.63. The Hall–Kier alpha value is -0.310. The first-order valence-electron chi connectivity index (χ1n) is 6.68. The summed E-state index contributed by atoms with van der Waals surface area (Å²) in [6.45, 7) is 6.47. The van der Waals surface area contributed by atoms with Crippen molar-refractivity contribution < 1.29 is 0 Å². The van der Waals surface area contributed by atoms with E-state index in [0.29, 0.717) is 5.92 Å². The molecule has 2 fully saturated rings. The molecule has 0 heterocycles. The van der Waals surface area contributed by atoms with E-state index >= 15 is 0 Å². The molecule has 0 spiro atoms. The summed E-state index contributed by atoms with van der Waals surface area (Å²) in [5.74, 6) is 3.57. The lowest BCUT2D eigenvalue weighted by atomic mass is 9.98. The van der Waals surface area contributed by atoms with Gasteiger partial charge in [-0.05, 0) is 61.6 Å². The molecule has 0 aromatic rings. The Kier molecular flexibility index (Phi) is 4.06. The van der Waals surface area contributed by atoms with E-state index in [9.17, 15) is 0 Å². The average molecular weight is 240 g/mol.